The van der Waals surface area contributed by atoms with Crippen LogP contribution in [0.5, 0.6) is 5.75 Å². The average Bonchev–Trinajstić information content (AvgIpc) is 3.83. The Labute approximate surface area is 331 Å². The van der Waals surface area contributed by atoms with Crippen LogP contribution in [0.2, 0.25) is 5.02 Å². The standard InChI is InChI=1S/C38H43ClF3N9O6/c1-20(2)32(50-37(55)56-5)35(53)51-19-21(3)14-29(51)33-47-18-28(48-33)23-8-6-22(7-9-23)25-15-26(39)27(16-30(25)57-38(40,41)42)49-34(52)24-10-11-31(46-17-24)44-12-13-45-36(54)43-4/h6-11,15-18,20-21,29,32H,12-14,19H2,1-5H3,(H,44,46)(H,47,48)(H,49,52)(H,50,55)(H2,43,45,54)/t21-,29-,32-/m0/s1. The molecule has 0 radical (unpaired) electrons. The van der Waals surface area contributed by atoms with Crippen LogP contribution in [-0.4, -0.2) is 90.0 Å². The number of aromatic nitrogens is 3. The van der Waals surface area contributed by atoms with Gasteiger partial charge in [0.15, 0.2) is 0 Å². The van der Waals surface area contributed by atoms with Crippen LogP contribution in [0.3, 0.4) is 0 Å². The third-order valence-electron chi connectivity index (χ3n) is 9.10. The number of imidazole rings is 1. The summed E-state index contributed by atoms with van der Waals surface area (Å²) in [7, 11) is 2.73. The Morgan fingerprint density at radius 3 is 2.40 bits per heavy atom. The van der Waals surface area contributed by atoms with Crippen LogP contribution >= 0.6 is 11.6 Å². The zero-order valence-electron chi connectivity index (χ0n) is 31.7. The van der Waals surface area contributed by atoms with Crippen molar-refractivity contribution in [2.45, 2.75) is 45.6 Å². The largest absolute Gasteiger partial charge is 0.573 e. The second-order valence-corrected chi connectivity index (χ2v) is 14.1. The van der Waals surface area contributed by atoms with Crippen LogP contribution in [0.1, 0.15) is 49.4 Å². The van der Waals surface area contributed by atoms with Gasteiger partial charge in [-0.1, -0.05) is 56.6 Å². The fourth-order valence-corrected chi connectivity index (χ4v) is 6.48. The highest BCUT2D eigenvalue weighted by Crippen LogP contribution is 2.41. The number of alkyl halides is 3. The van der Waals surface area contributed by atoms with Gasteiger partial charge >= 0.3 is 18.5 Å². The van der Waals surface area contributed by atoms with Gasteiger partial charge in [-0.15, -0.1) is 13.2 Å². The third kappa shape index (κ3) is 10.8. The number of hydrogen-bond acceptors (Lipinski definition) is 9. The molecular formula is C38H43ClF3N9O6. The number of alkyl carbamates (subject to hydrolysis) is 1. The maximum absolute atomic E-state index is 13.7. The lowest BCUT2D eigenvalue weighted by Crippen LogP contribution is -2.51. The minimum Gasteiger partial charge on any atom is -0.453 e. The number of ether oxygens (including phenoxy) is 2. The van der Waals surface area contributed by atoms with Crippen LogP contribution in [0.4, 0.5) is 34.3 Å². The summed E-state index contributed by atoms with van der Waals surface area (Å²) in [5.41, 5.74) is 1.52. The molecule has 6 N–H and O–H groups in total. The lowest BCUT2D eigenvalue weighted by molar-refractivity contribution is -0.274. The Morgan fingerprint density at radius 1 is 1.05 bits per heavy atom. The molecule has 304 valence electrons. The van der Waals surface area contributed by atoms with E-state index in [1.807, 2.05) is 20.8 Å². The smallest absolute Gasteiger partial charge is 0.453 e. The number of nitrogens with one attached hydrogen (secondary N) is 6. The number of amides is 5. The number of aromatic amines is 1. The molecule has 15 nitrogen and oxygen atoms in total. The molecule has 0 bridgehead atoms. The molecule has 4 aromatic rings. The molecule has 5 rings (SSSR count). The molecule has 3 atom stereocenters. The van der Waals surface area contributed by atoms with Crippen LogP contribution in [0.15, 0.2) is 60.9 Å². The van der Waals surface area contributed by atoms with Gasteiger partial charge in [-0.3, -0.25) is 9.59 Å². The number of carbonyl (C=O) groups excluding carboxylic acids is 4. The van der Waals surface area contributed by atoms with Crippen molar-refractivity contribution in [2.75, 3.05) is 44.4 Å². The molecule has 57 heavy (non-hydrogen) atoms. The van der Waals surface area contributed by atoms with Crippen LogP contribution in [0.25, 0.3) is 22.4 Å². The number of rotatable bonds is 13. The Kier molecular flexibility index (Phi) is 13.5. The quantitative estimate of drug-likeness (QED) is 0.0811. The van der Waals surface area contributed by atoms with Crippen molar-refractivity contribution in [1.82, 2.24) is 35.8 Å². The molecule has 1 aliphatic heterocycles. The van der Waals surface area contributed by atoms with Crippen LogP contribution < -0.4 is 31.3 Å². The summed E-state index contributed by atoms with van der Waals surface area (Å²) in [6.45, 7) is 6.84. The second kappa shape index (κ2) is 18.3. The van der Waals surface area contributed by atoms with E-state index in [-0.39, 0.29) is 51.7 Å². The van der Waals surface area contributed by atoms with E-state index in [2.05, 4.69) is 41.3 Å². The molecule has 3 heterocycles. The Hall–Kier alpha value is -6.04. The van der Waals surface area contributed by atoms with Crippen molar-refractivity contribution < 1.29 is 41.8 Å². The topological polar surface area (TPSA) is 192 Å². The van der Waals surface area contributed by atoms with E-state index in [4.69, 9.17) is 21.3 Å². The summed E-state index contributed by atoms with van der Waals surface area (Å²) in [6.07, 6.45) is -2.16. The number of hydrogen-bond donors (Lipinski definition) is 6. The molecule has 1 saturated heterocycles. The fourth-order valence-electron chi connectivity index (χ4n) is 6.27. The number of H-pyrrole nitrogens is 1. The van der Waals surface area contributed by atoms with E-state index in [9.17, 15) is 32.3 Å². The summed E-state index contributed by atoms with van der Waals surface area (Å²) in [5, 5.41) is 13.1. The second-order valence-electron chi connectivity index (χ2n) is 13.6. The Bertz CT molecular complexity index is 2060. The molecule has 0 aliphatic carbocycles. The number of halogens is 4. The number of anilines is 2. The number of methoxy groups -OCH3 is 1. The Morgan fingerprint density at radius 2 is 1.77 bits per heavy atom. The average molecular weight is 814 g/mol. The van der Waals surface area contributed by atoms with Gasteiger partial charge in [0, 0.05) is 56.3 Å². The first-order valence-corrected chi connectivity index (χ1v) is 18.3. The highest BCUT2D eigenvalue weighted by atomic mass is 35.5. The van der Waals surface area contributed by atoms with E-state index in [0.717, 1.165) is 6.07 Å². The van der Waals surface area contributed by atoms with Crippen molar-refractivity contribution in [3.05, 3.63) is 77.3 Å². The molecule has 2 aromatic heterocycles. The molecule has 2 aromatic carbocycles. The summed E-state index contributed by atoms with van der Waals surface area (Å²) < 4.78 is 50.0. The van der Waals surface area contributed by atoms with E-state index in [0.29, 0.717) is 54.5 Å². The summed E-state index contributed by atoms with van der Waals surface area (Å²) in [5.74, 6) is -0.580. The third-order valence-corrected chi connectivity index (χ3v) is 9.41. The number of pyridine rings is 1. The van der Waals surface area contributed by atoms with Crippen molar-refractivity contribution in [2.24, 2.45) is 11.8 Å². The molecular weight excluding hydrogens is 771 g/mol. The van der Waals surface area contributed by atoms with Crippen molar-refractivity contribution in [3.63, 3.8) is 0 Å². The number of carbonyl (C=O) groups is 4. The van der Waals surface area contributed by atoms with E-state index >= 15 is 0 Å². The van der Waals surface area contributed by atoms with Crippen molar-refractivity contribution >= 4 is 47.0 Å². The van der Waals surface area contributed by atoms with E-state index in [1.54, 1.807) is 35.4 Å². The first kappa shape index (κ1) is 42.1. The number of benzene rings is 2. The van der Waals surface area contributed by atoms with Gasteiger partial charge in [0.1, 0.15) is 23.4 Å². The maximum atomic E-state index is 13.7. The van der Waals surface area contributed by atoms with Gasteiger partial charge in [0.25, 0.3) is 5.91 Å². The molecule has 1 fully saturated rings. The van der Waals surface area contributed by atoms with Gasteiger partial charge in [0.2, 0.25) is 5.91 Å². The predicted molar refractivity (Wildman–Crippen MR) is 207 cm³/mol. The van der Waals surface area contributed by atoms with Gasteiger partial charge < -0.3 is 45.9 Å². The van der Waals surface area contributed by atoms with Gasteiger partial charge in [-0.25, -0.2) is 19.6 Å². The molecule has 0 spiro atoms. The van der Waals surface area contributed by atoms with Crippen molar-refractivity contribution in [1.29, 1.82) is 0 Å². The first-order valence-electron chi connectivity index (χ1n) is 17.9. The minimum atomic E-state index is -5.06. The monoisotopic (exact) mass is 813 g/mol. The SMILES string of the molecule is CNC(=O)NCCNc1ccc(C(=O)Nc2cc(OC(F)(F)F)c(-c3ccc(-c4c[nH]c([C@@H]5C[C@H](C)CN5C(=O)[C@@H](NC(=O)OC)C(C)C)n4)cc3)cc2Cl)cn1. The maximum Gasteiger partial charge on any atom is 0.573 e. The summed E-state index contributed by atoms with van der Waals surface area (Å²) in [6, 6.07) is 10.3. The summed E-state index contributed by atoms with van der Waals surface area (Å²) in [4.78, 5) is 63.7. The zero-order chi connectivity index (χ0) is 41.4. The minimum absolute atomic E-state index is 0.0157. The molecule has 19 heteroatoms. The molecule has 1 aliphatic rings. The number of likely N-dealkylation sites (tertiary alicyclic amines) is 1. The first-order chi connectivity index (χ1) is 27.1. The normalized spacial score (nSPS) is 15.8. The van der Waals surface area contributed by atoms with Gasteiger partial charge in [0.05, 0.1) is 35.1 Å². The summed E-state index contributed by atoms with van der Waals surface area (Å²) >= 11 is 6.51. The van der Waals surface area contributed by atoms with Gasteiger partial charge in [-0.2, -0.15) is 0 Å². The number of nitrogens with zero attached hydrogens (tertiary/aromatic N) is 3. The molecule has 0 saturated carbocycles. The van der Waals surface area contributed by atoms with E-state index < -0.39 is 30.2 Å². The lowest BCUT2D eigenvalue weighted by Gasteiger charge is -2.30. The Balaban J connectivity index is 1.32. The predicted octanol–water partition coefficient (Wildman–Crippen LogP) is 6.57. The molecule has 0 unspecified atom stereocenters. The lowest BCUT2D eigenvalue weighted by atomic mass is 10.0. The van der Waals surface area contributed by atoms with Crippen molar-refractivity contribution in [3.8, 4) is 28.1 Å². The highest BCUT2D eigenvalue weighted by molar-refractivity contribution is 6.34. The van der Waals surface area contributed by atoms with Crippen LogP contribution in [0, 0.1) is 11.8 Å². The van der Waals surface area contributed by atoms with Crippen LogP contribution in [-0.2, 0) is 9.53 Å². The van der Waals surface area contributed by atoms with E-state index in [1.165, 1.54) is 38.6 Å². The van der Waals surface area contributed by atoms with Gasteiger partial charge in [-0.05, 0) is 42.0 Å². The zero-order valence-corrected chi connectivity index (χ0v) is 32.5. The fraction of sp³-hybridized carbons (Fsp3) is 0.368. The highest BCUT2D eigenvalue weighted by Gasteiger charge is 2.40. The number of urea groups is 1. The molecule has 5 amide bonds.